The summed E-state index contributed by atoms with van der Waals surface area (Å²) in [5.41, 5.74) is 5.06. The normalized spacial score (nSPS) is 36.4. The summed E-state index contributed by atoms with van der Waals surface area (Å²) in [5.74, 6) is 1.64. The van der Waals surface area contributed by atoms with Crippen molar-refractivity contribution < 1.29 is 19.1 Å². The molecule has 43 heavy (non-hydrogen) atoms. The SMILES string of the molecule is CC(C)=CCC[C@@H](C)[C@H]1CC[C@@]2(C)C3=C(CC[C@]12C)[C@@]1(C)CC[C@H](OC(=O)[C@H](C)NC(=O)OC(C)(C)C)C(C)(C)C1CC3. The molecule has 1 amide bonds. The van der Waals surface area contributed by atoms with Crippen LogP contribution in [0.1, 0.15) is 147 Å². The largest absolute Gasteiger partial charge is 0.460 e. The molecule has 4 aliphatic carbocycles. The Labute approximate surface area is 263 Å². The van der Waals surface area contributed by atoms with Crippen molar-refractivity contribution in [3.05, 3.63) is 22.8 Å². The second-order valence-electron chi connectivity index (χ2n) is 17.4. The summed E-state index contributed by atoms with van der Waals surface area (Å²) in [5, 5.41) is 2.66. The fourth-order valence-corrected chi connectivity index (χ4v) is 10.4. The molecular formula is C38H63NO4. The predicted molar refractivity (Wildman–Crippen MR) is 176 cm³/mol. The zero-order valence-electron chi connectivity index (χ0n) is 29.7. The molecular weight excluding hydrogens is 534 g/mol. The van der Waals surface area contributed by atoms with Crippen LogP contribution in [0.25, 0.3) is 0 Å². The molecule has 5 nitrogen and oxygen atoms in total. The van der Waals surface area contributed by atoms with Crippen LogP contribution in [0.15, 0.2) is 22.8 Å². The molecule has 0 spiro atoms. The highest BCUT2D eigenvalue weighted by Gasteiger charge is 2.63. The van der Waals surface area contributed by atoms with E-state index < -0.39 is 17.7 Å². The van der Waals surface area contributed by atoms with Crippen molar-refractivity contribution in [2.24, 2.45) is 39.4 Å². The van der Waals surface area contributed by atoms with Crippen molar-refractivity contribution in [1.82, 2.24) is 5.32 Å². The highest BCUT2D eigenvalue weighted by atomic mass is 16.6. The molecule has 0 radical (unpaired) electrons. The molecule has 0 aromatic heterocycles. The van der Waals surface area contributed by atoms with E-state index in [1.165, 1.54) is 50.5 Å². The third kappa shape index (κ3) is 6.22. The fourth-order valence-electron chi connectivity index (χ4n) is 10.4. The van der Waals surface area contributed by atoms with Crippen LogP contribution in [0, 0.1) is 39.4 Å². The Balaban J connectivity index is 1.50. The standard InChI is InChI=1S/C38H63NO4/c1-24(2)14-13-15-25(3)27-18-22-38(12)29-16-17-30-35(8,9)31(20-21-36(30,10)28(29)19-23-37(27,38)11)42-32(40)26(4)39-33(41)43-34(5,6)7/h14,25-27,30-31H,13,15-23H2,1-12H3,(H,39,41)/t25-,26+,27-,30?,31+,36-,37-,38+/m1/s1. The first-order valence-electron chi connectivity index (χ1n) is 17.3. The quantitative estimate of drug-likeness (QED) is 0.234. The Morgan fingerprint density at radius 3 is 2.26 bits per heavy atom. The lowest BCUT2D eigenvalue weighted by atomic mass is 9.43. The number of esters is 1. The zero-order valence-corrected chi connectivity index (χ0v) is 29.7. The van der Waals surface area contributed by atoms with Crippen molar-refractivity contribution in [1.29, 1.82) is 0 Å². The summed E-state index contributed by atoms with van der Waals surface area (Å²) in [7, 11) is 0. The monoisotopic (exact) mass is 597 g/mol. The molecule has 2 fully saturated rings. The van der Waals surface area contributed by atoms with Crippen LogP contribution in [0.3, 0.4) is 0 Å². The first-order valence-corrected chi connectivity index (χ1v) is 17.3. The maximum atomic E-state index is 13.2. The number of nitrogens with one attached hydrogen (secondary N) is 1. The van der Waals surface area contributed by atoms with Crippen molar-refractivity contribution in [3.8, 4) is 0 Å². The summed E-state index contributed by atoms with van der Waals surface area (Å²) >= 11 is 0. The third-order valence-corrected chi connectivity index (χ3v) is 13.0. The number of allylic oxidation sites excluding steroid dienone is 4. The van der Waals surface area contributed by atoms with Gasteiger partial charge in [0.05, 0.1) is 0 Å². The summed E-state index contributed by atoms with van der Waals surface area (Å²) in [6.45, 7) is 26.5. The first-order chi connectivity index (χ1) is 19.8. The predicted octanol–water partition coefficient (Wildman–Crippen LogP) is 9.94. The molecule has 5 heteroatoms. The van der Waals surface area contributed by atoms with E-state index in [1.807, 2.05) is 20.8 Å². The van der Waals surface area contributed by atoms with Gasteiger partial charge in [0.1, 0.15) is 17.7 Å². The van der Waals surface area contributed by atoms with Gasteiger partial charge in [-0.3, -0.25) is 0 Å². The molecule has 0 aromatic carbocycles. The van der Waals surface area contributed by atoms with Gasteiger partial charge in [-0.2, -0.15) is 0 Å². The molecule has 0 bridgehead atoms. The maximum absolute atomic E-state index is 13.2. The second-order valence-corrected chi connectivity index (χ2v) is 17.4. The average Bonchev–Trinajstić information content (AvgIpc) is 3.15. The number of hydrogen-bond donors (Lipinski definition) is 1. The topological polar surface area (TPSA) is 64.6 Å². The molecule has 1 N–H and O–H groups in total. The van der Waals surface area contributed by atoms with Crippen LogP contribution in [0.2, 0.25) is 0 Å². The number of carbonyl (C=O) groups excluding carboxylic acids is 2. The lowest BCUT2D eigenvalue weighted by Crippen LogP contribution is -2.56. The van der Waals surface area contributed by atoms with Gasteiger partial charge in [0.15, 0.2) is 0 Å². The second kappa shape index (κ2) is 11.9. The fraction of sp³-hybridized carbons (Fsp3) is 0.842. The smallest absolute Gasteiger partial charge is 0.408 e. The summed E-state index contributed by atoms with van der Waals surface area (Å²) in [6, 6.07) is -0.754. The number of rotatable bonds is 7. The molecule has 244 valence electrons. The van der Waals surface area contributed by atoms with E-state index in [2.05, 4.69) is 66.8 Å². The molecule has 0 saturated heterocycles. The minimum atomic E-state index is -0.754. The van der Waals surface area contributed by atoms with Crippen molar-refractivity contribution in [2.45, 2.75) is 165 Å². The van der Waals surface area contributed by atoms with E-state index in [1.54, 1.807) is 18.1 Å². The van der Waals surface area contributed by atoms with E-state index >= 15 is 0 Å². The molecule has 0 heterocycles. The highest BCUT2D eigenvalue weighted by Crippen LogP contribution is 2.72. The lowest BCUT2D eigenvalue weighted by Gasteiger charge is -2.62. The van der Waals surface area contributed by atoms with Gasteiger partial charge in [-0.25, -0.2) is 9.59 Å². The van der Waals surface area contributed by atoms with Crippen LogP contribution < -0.4 is 5.32 Å². The molecule has 8 atom stereocenters. The van der Waals surface area contributed by atoms with Crippen LogP contribution in [-0.4, -0.2) is 29.8 Å². The van der Waals surface area contributed by atoms with Crippen LogP contribution >= 0.6 is 0 Å². The van der Waals surface area contributed by atoms with E-state index in [9.17, 15) is 9.59 Å². The third-order valence-electron chi connectivity index (χ3n) is 13.0. The number of hydrogen-bond acceptors (Lipinski definition) is 4. The van der Waals surface area contributed by atoms with E-state index in [4.69, 9.17) is 9.47 Å². The van der Waals surface area contributed by atoms with E-state index in [0.717, 1.165) is 31.1 Å². The van der Waals surface area contributed by atoms with Crippen LogP contribution in [0.4, 0.5) is 4.79 Å². The number of ether oxygens (including phenoxy) is 2. The Hall–Kier alpha value is -1.78. The van der Waals surface area contributed by atoms with Crippen molar-refractivity contribution in [2.75, 3.05) is 0 Å². The zero-order chi connectivity index (χ0) is 32.2. The van der Waals surface area contributed by atoms with Gasteiger partial charge in [0.2, 0.25) is 0 Å². The van der Waals surface area contributed by atoms with Gasteiger partial charge in [-0.15, -0.1) is 0 Å². The minimum absolute atomic E-state index is 0.147. The average molecular weight is 598 g/mol. The van der Waals surface area contributed by atoms with Gasteiger partial charge in [-0.1, -0.05) is 64.3 Å². The van der Waals surface area contributed by atoms with Crippen molar-refractivity contribution >= 4 is 12.1 Å². The molecule has 2 saturated carbocycles. The number of carbonyl (C=O) groups is 2. The Kier molecular flexibility index (Phi) is 9.41. The molecule has 0 aliphatic heterocycles. The molecule has 4 aliphatic rings. The molecule has 1 unspecified atom stereocenters. The van der Waals surface area contributed by atoms with E-state index in [0.29, 0.717) is 16.7 Å². The van der Waals surface area contributed by atoms with Crippen LogP contribution in [-0.2, 0) is 14.3 Å². The van der Waals surface area contributed by atoms with Crippen LogP contribution in [0.5, 0.6) is 0 Å². The van der Waals surface area contributed by atoms with Gasteiger partial charge in [0.25, 0.3) is 0 Å². The summed E-state index contributed by atoms with van der Waals surface area (Å²) in [4.78, 5) is 25.4. The summed E-state index contributed by atoms with van der Waals surface area (Å²) < 4.78 is 11.5. The number of fused-ring (bicyclic) bond motifs is 4. The van der Waals surface area contributed by atoms with E-state index in [-0.39, 0.29) is 22.9 Å². The summed E-state index contributed by atoms with van der Waals surface area (Å²) in [6.07, 6.45) is 13.6. The number of amides is 1. The maximum Gasteiger partial charge on any atom is 0.408 e. The molecule has 0 aromatic rings. The highest BCUT2D eigenvalue weighted by molar-refractivity contribution is 5.81. The minimum Gasteiger partial charge on any atom is -0.460 e. The van der Waals surface area contributed by atoms with Crippen molar-refractivity contribution in [3.63, 3.8) is 0 Å². The van der Waals surface area contributed by atoms with Gasteiger partial charge < -0.3 is 14.8 Å². The Bertz CT molecular complexity index is 1140. The lowest BCUT2D eigenvalue weighted by molar-refractivity contribution is -0.171. The van der Waals surface area contributed by atoms with Gasteiger partial charge >= 0.3 is 12.1 Å². The first kappa shape index (κ1) is 34.1. The van der Waals surface area contributed by atoms with Gasteiger partial charge in [-0.05, 0) is 140 Å². The number of alkyl carbamates (subject to hydrolysis) is 1. The Morgan fingerprint density at radius 1 is 0.953 bits per heavy atom. The molecule has 4 rings (SSSR count). The Morgan fingerprint density at radius 2 is 1.63 bits per heavy atom. The van der Waals surface area contributed by atoms with Gasteiger partial charge in [0, 0.05) is 5.41 Å².